The third-order valence-corrected chi connectivity index (χ3v) is 2.82. The number of carboxylic acids is 1. The highest BCUT2D eigenvalue weighted by Crippen LogP contribution is 2.13. The van der Waals surface area contributed by atoms with Gasteiger partial charge in [-0.3, -0.25) is 9.69 Å². The molecule has 0 aliphatic rings. The number of rotatable bonds is 7. The number of carboxylic acid groups (broad SMARTS) is 1. The van der Waals surface area contributed by atoms with Crippen LogP contribution in [0.15, 0.2) is 0 Å². The van der Waals surface area contributed by atoms with Crippen LogP contribution >= 0.6 is 0 Å². The molecular weight excluding hydrogens is 178 g/mol. The second kappa shape index (κ2) is 6.02. The number of aliphatic carboxylic acids is 1. The molecule has 0 bridgehead atoms. The fourth-order valence-corrected chi connectivity index (χ4v) is 1.22. The maximum absolute atomic E-state index is 10.9. The summed E-state index contributed by atoms with van der Waals surface area (Å²) >= 11 is 0. The molecule has 1 N–H and O–H groups in total. The van der Waals surface area contributed by atoms with Crippen molar-refractivity contribution in [2.45, 2.75) is 52.0 Å². The third kappa shape index (κ3) is 4.09. The Kier molecular flexibility index (Phi) is 5.77. The molecule has 0 aromatic rings. The van der Waals surface area contributed by atoms with E-state index in [-0.39, 0.29) is 0 Å². The molecule has 0 aliphatic carbocycles. The van der Waals surface area contributed by atoms with Gasteiger partial charge in [0.05, 0.1) is 0 Å². The van der Waals surface area contributed by atoms with Gasteiger partial charge in [-0.2, -0.15) is 0 Å². The van der Waals surface area contributed by atoms with Crippen molar-refractivity contribution in [3.63, 3.8) is 0 Å². The molecule has 0 aromatic carbocycles. The Morgan fingerprint density at radius 2 is 1.86 bits per heavy atom. The first-order valence-electron chi connectivity index (χ1n) is 5.37. The minimum Gasteiger partial charge on any atom is -0.480 e. The van der Waals surface area contributed by atoms with E-state index in [9.17, 15) is 4.79 Å². The number of nitrogens with zero attached hydrogens (tertiary/aromatic N) is 1. The van der Waals surface area contributed by atoms with Gasteiger partial charge in [-0.15, -0.1) is 0 Å². The fraction of sp³-hybridized carbons (Fsp3) is 0.909. The van der Waals surface area contributed by atoms with E-state index in [1.54, 1.807) is 13.8 Å². The standard InChI is InChI=1S/C11H23NO2/c1-5-6-7-8-9-12(4)11(2,3)10(13)14/h5-9H2,1-4H3,(H,13,14). The molecule has 0 atom stereocenters. The Hall–Kier alpha value is -0.570. The van der Waals surface area contributed by atoms with Crippen LogP contribution in [0.5, 0.6) is 0 Å². The van der Waals surface area contributed by atoms with Gasteiger partial charge in [0.15, 0.2) is 0 Å². The SMILES string of the molecule is CCCCCCN(C)C(C)(C)C(=O)O. The van der Waals surface area contributed by atoms with Crippen molar-refractivity contribution in [2.24, 2.45) is 0 Å². The summed E-state index contributed by atoms with van der Waals surface area (Å²) in [6, 6.07) is 0. The first kappa shape index (κ1) is 13.4. The highest BCUT2D eigenvalue weighted by molar-refractivity contribution is 5.77. The normalized spacial score (nSPS) is 12.1. The molecule has 3 nitrogen and oxygen atoms in total. The highest BCUT2D eigenvalue weighted by Gasteiger charge is 2.31. The van der Waals surface area contributed by atoms with Gasteiger partial charge in [0.1, 0.15) is 5.54 Å². The first-order valence-corrected chi connectivity index (χ1v) is 5.37. The molecule has 3 heteroatoms. The molecule has 14 heavy (non-hydrogen) atoms. The van der Waals surface area contributed by atoms with Gasteiger partial charge in [0.25, 0.3) is 0 Å². The largest absolute Gasteiger partial charge is 0.480 e. The van der Waals surface area contributed by atoms with Crippen molar-refractivity contribution in [2.75, 3.05) is 13.6 Å². The fourth-order valence-electron chi connectivity index (χ4n) is 1.22. The number of unbranched alkanes of at least 4 members (excludes halogenated alkanes) is 3. The quantitative estimate of drug-likeness (QED) is 0.643. The van der Waals surface area contributed by atoms with Crippen LogP contribution in [-0.2, 0) is 4.79 Å². The minimum atomic E-state index is -0.754. The molecule has 0 unspecified atom stereocenters. The van der Waals surface area contributed by atoms with Crippen molar-refractivity contribution in [1.29, 1.82) is 0 Å². The van der Waals surface area contributed by atoms with Crippen molar-refractivity contribution >= 4 is 5.97 Å². The lowest BCUT2D eigenvalue weighted by atomic mass is 10.0. The average molecular weight is 201 g/mol. The van der Waals surface area contributed by atoms with Gasteiger partial charge < -0.3 is 5.11 Å². The summed E-state index contributed by atoms with van der Waals surface area (Å²) in [5, 5.41) is 8.97. The Morgan fingerprint density at radius 1 is 1.29 bits per heavy atom. The highest BCUT2D eigenvalue weighted by atomic mass is 16.4. The van der Waals surface area contributed by atoms with Gasteiger partial charge in [-0.05, 0) is 33.9 Å². The van der Waals surface area contributed by atoms with E-state index in [1.165, 1.54) is 19.3 Å². The Morgan fingerprint density at radius 3 is 2.29 bits per heavy atom. The van der Waals surface area contributed by atoms with Gasteiger partial charge in [0.2, 0.25) is 0 Å². The molecule has 0 heterocycles. The molecule has 0 saturated carbocycles. The molecule has 0 saturated heterocycles. The second-order valence-corrected chi connectivity index (χ2v) is 4.35. The van der Waals surface area contributed by atoms with Crippen LogP contribution in [0.25, 0.3) is 0 Å². The summed E-state index contributed by atoms with van der Waals surface area (Å²) in [5.74, 6) is -0.754. The lowest BCUT2D eigenvalue weighted by molar-refractivity contribution is -0.148. The maximum Gasteiger partial charge on any atom is 0.323 e. The minimum absolute atomic E-state index is 0.744. The van der Waals surface area contributed by atoms with E-state index in [2.05, 4.69) is 6.92 Å². The van der Waals surface area contributed by atoms with Crippen LogP contribution in [0.1, 0.15) is 46.5 Å². The van der Waals surface area contributed by atoms with Gasteiger partial charge in [0, 0.05) is 0 Å². The Balaban J connectivity index is 3.83. The molecule has 0 aliphatic heterocycles. The molecule has 0 aromatic heterocycles. The topological polar surface area (TPSA) is 40.5 Å². The monoisotopic (exact) mass is 201 g/mol. The Labute approximate surface area is 87.1 Å². The van der Waals surface area contributed by atoms with E-state index < -0.39 is 11.5 Å². The summed E-state index contributed by atoms with van der Waals surface area (Å²) in [5.41, 5.74) is -0.744. The average Bonchev–Trinajstić information content (AvgIpc) is 2.11. The number of hydrogen-bond acceptors (Lipinski definition) is 2. The molecule has 0 fully saturated rings. The van der Waals surface area contributed by atoms with Crippen molar-refractivity contribution in [3.05, 3.63) is 0 Å². The zero-order chi connectivity index (χ0) is 11.2. The lowest BCUT2D eigenvalue weighted by Gasteiger charge is -2.31. The van der Waals surface area contributed by atoms with Crippen molar-refractivity contribution in [3.8, 4) is 0 Å². The third-order valence-electron chi connectivity index (χ3n) is 2.82. The number of likely N-dealkylation sites (N-methyl/N-ethyl adjacent to an activating group) is 1. The zero-order valence-corrected chi connectivity index (χ0v) is 9.84. The van der Waals surface area contributed by atoms with Crippen LogP contribution < -0.4 is 0 Å². The molecule has 84 valence electrons. The lowest BCUT2D eigenvalue weighted by Crippen LogP contribution is -2.48. The van der Waals surface area contributed by atoms with Crippen molar-refractivity contribution < 1.29 is 9.90 Å². The number of hydrogen-bond donors (Lipinski definition) is 1. The van der Waals surface area contributed by atoms with Gasteiger partial charge in [-0.1, -0.05) is 26.2 Å². The van der Waals surface area contributed by atoms with Crippen LogP contribution in [0.4, 0.5) is 0 Å². The van der Waals surface area contributed by atoms with E-state index in [0.29, 0.717) is 0 Å². The first-order chi connectivity index (χ1) is 6.42. The van der Waals surface area contributed by atoms with Crippen LogP contribution in [0.2, 0.25) is 0 Å². The van der Waals surface area contributed by atoms with E-state index >= 15 is 0 Å². The maximum atomic E-state index is 10.9. The van der Waals surface area contributed by atoms with Crippen molar-refractivity contribution in [1.82, 2.24) is 4.90 Å². The molecule has 0 amide bonds. The second-order valence-electron chi connectivity index (χ2n) is 4.35. The predicted octanol–water partition coefficient (Wildman–Crippen LogP) is 2.36. The summed E-state index contributed by atoms with van der Waals surface area (Å²) in [6.45, 7) is 6.52. The summed E-state index contributed by atoms with van der Waals surface area (Å²) < 4.78 is 0. The molecule has 0 rings (SSSR count). The Bertz CT molecular complexity index is 178. The van der Waals surface area contributed by atoms with Crippen LogP contribution in [0, 0.1) is 0 Å². The predicted molar refractivity (Wildman–Crippen MR) is 58.5 cm³/mol. The smallest absolute Gasteiger partial charge is 0.323 e. The molecular formula is C11H23NO2. The summed E-state index contributed by atoms with van der Waals surface area (Å²) in [4.78, 5) is 12.8. The zero-order valence-electron chi connectivity index (χ0n) is 9.84. The van der Waals surface area contributed by atoms with Gasteiger partial charge in [-0.25, -0.2) is 0 Å². The van der Waals surface area contributed by atoms with E-state index in [4.69, 9.17) is 5.11 Å². The summed E-state index contributed by atoms with van der Waals surface area (Å²) in [7, 11) is 1.88. The van der Waals surface area contributed by atoms with E-state index in [1.807, 2.05) is 11.9 Å². The van der Waals surface area contributed by atoms with Crippen LogP contribution in [-0.4, -0.2) is 35.1 Å². The molecule has 0 radical (unpaired) electrons. The van der Waals surface area contributed by atoms with E-state index in [0.717, 1.165) is 13.0 Å². The molecule has 0 spiro atoms. The van der Waals surface area contributed by atoms with Gasteiger partial charge >= 0.3 is 5.97 Å². The number of carbonyl (C=O) groups is 1. The van der Waals surface area contributed by atoms with Crippen LogP contribution in [0.3, 0.4) is 0 Å². The summed E-state index contributed by atoms with van der Waals surface area (Å²) in [6.07, 6.45) is 4.73.